The van der Waals surface area contributed by atoms with Crippen LogP contribution in [-0.4, -0.2) is 22.8 Å². The second-order valence-electron chi connectivity index (χ2n) is 5.14. The summed E-state index contributed by atoms with van der Waals surface area (Å²) in [5.41, 5.74) is 1.20. The molecule has 1 heterocycles. The van der Waals surface area contributed by atoms with Gasteiger partial charge in [-0.1, -0.05) is 30.3 Å². The topological polar surface area (TPSA) is 51.0 Å². The summed E-state index contributed by atoms with van der Waals surface area (Å²) in [5, 5.41) is 11.7. The number of hydrogen-bond acceptors (Lipinski definition) is 4. The molecule has 0 bridgehead atoms. The fourth-order valence-electron chi connectivity index (χ4n) is 2.10. The van der Waals surface area contributed by atoms with Crippen LogP contribution in [0.5, 0.6) is 0 Å². The lowest BCUT2D eigenvalue weighted by molar-refractivity contribution is 0.434. The van der Waals surface area contributed by atoms with E-state index in [1.165, 1.54) is 18.4 Å². The molecule has 0 radical (unpaired) electrons. The Morgan fingerprint density at radius 1 is 1.26 bits per heavy atom. The third-order valence-corrected chi connectivity index (χ3v) is 3.50. The highest BCUT2D eigenvalue weighted by Crippen LogP contribution is 2.22. The van der Waals surface area contributed by atoms with Crippen molar-refractivity contribution in [1.29, 1.82) is 0 Å². The summed E-state index contributed by atoms with van der Waals surface area (Å²) >= 11 is 0. The van der Waals surface area contributed by atoms with Crippen LogP contribution in [-0.2, 0) is 6.42 Å². The molecular weight excluding hydrogens is 238 g/mol. The zero-order chi connectivity index (χ0) is 13.1. The van der Waals surface area contributed by atoms with Crippen LogP contribution in [0.4, 0.5) is 0 Å². The third kappa shape index (κ3) is 3.20. The summed E-state index contributed by atoms with van der Waals surface area (Å²) < 4.78 is 5.74. The van der Waals surface area contributed by atoms with Gasteiger partial charge in [0.15, 0.2) is 0 Å². The minimum absolute atomic E-state index is 0.152. The molecule has 1 saturated carbocycles. The van der Waals surface area contributed by atoms with Gasteiger partial charge in [0.1, 0.15) is 0 Å². The molecule has 0 saturated heterocycles. The molecule has 100 valence electrons. The minimum Gasteiger partial charge on any atom is -0.425 e. The standard InChI is InChI=1S/C15H19N3O/c1-11(12-5-3-2-4-6-12)15-18-17-14(19-15)9-10-16-13-7-8-13/h2-6,11,13,16H,7-10H2,1H3. The molecule has 3 rings (SSSR count). The Morgan fingerprint density at radius 2 is 2.05 bits per heavy atom. The normalized spacial score (nSPS) is 16.5. The molecule has 1 aliphatic carbocycles. The molecule has 1 fully saturated rings. The first kappa shape index (κ1) is 12.4. The number of hydrogen-bond donors (Lipinski definition) is 1. The molecule has 1 aliphatic rings. The molecule has 0 aliphatic heterocycles. The summed E-state index contributed by atoms with van der Waals surface area (Å²) in [4.78, 5) is 0. The van der Waals surface area contributed by atoms with E-state index in [4.69, 9.17) is 4.42 Å². The van der Waals surface area contributed by atoms with E-state index >= 15 is 0 Å². The first-order valence-electron chi connectivity index (χ1n) is 6.93. The van der Waals surface area contributed by atoms with E-state index in [1.807, 2.05) is 18.2 Å². The highest BCUT2D eigenvalue weighted by molar-refractivity contribution is 5.23. The average molecular weight is 257 g/mol. The summed E-state index contributed by atoms with van der Waals surface area (Å²) in [7, 11) is 0. The van der Waals surface area contributed by atoms with Crippen LogP contribution < -0.4 is 5.32 Å². The lowest BCUT2D eigenvalue weighted by Crippen LogP contribution is -2.19. The van der Waals surface area contributed by atoms with E-state index in [2.05, 4.69) is 34.6 Å². The zero-order valence-electron chi connectivity index (χ0n) is 11.2. The first-order valence-corrected chi connectivity index (χ1v) is 6.93. The van der Waals surface area contributed by atoms with Crippen molar-refractivity contribution < 1.29 is 4.42 Å². The van der Waals surface area contributed by atoms with Crippen molar-refractivity contribution in [3.05, 3.63) is 47.7 Å². The zero-order valence-corrected chi connectivity index (χ0v) is 11.2. The maximum atomic E-state index is 5.74. The molecule has 1 aromatic carbocycles. The first-order chi connectivity index (χ1) is 9.33. The van der Waals surface area contributed by atoms with E-state index < -0.39 is 0 Å². The van der Waals surface area contributed by atoms with Crippen molar-refractivity contribution in [3.63, 3.8) is 0 Å². The van der Waals surface area contributed by atoms with E-state index in [0.29, 0.717) is 5.89 Å². The predicted octanol–water partition coefficient (Wildman–Crippen LogP) is 2.52. The van der Waals surface area contributed by atoms with E-state index in [1.54, 1.807) is 0 Å². The molecule has 0 spiro atoms. The summed E-state index contributed by atoms with van der Waals surface area (Å²) in [5.74, 6) is 1.58. The van der Waals surface area contributed by atoms with Crippen LogP contribution in [0.25, 0.3) is 0 Å². The van der Waals surface area contributed by atoms with Crippen molar-refractivity contribution >= 4 is 0 Å². The van der Waals surface area contributed by atoms with Gasteiger partial charge in [-0.15, -0.1) is 10.2 Å². The molecule has 19 heavy (non-hydrogen) atoms. The summed E-state index contributed by atoms with van der Waals surface area (Å²) in [6.07, 6.45) is 3.42. The molecule has 2 aromatic rings. The number of nitrogens with one attached hydrogen (secondary N) is 1. The molecule has 0 amide bonds. The molecule has 4 heteroatoms. The Kier molecular flexibility index (Phi) is 3.60. The number of nitrogens with zero attached hydrogens (tertiary/aromatic N) is 2. The Hall–Kier alpha value is -1.68. The number of benzene rings is 1. The second-order valence-corrected chi connectivity index (χ2v) is 5.14. The molecule has 4 nitrogen and oxygen atoms in total. The van der Waals surface area contributed by atoms with Gasteiger partial charge in [0.2, 0.25) is 11.8 Å². The van der Waals surface area contributed by atoms with Crippen LogP contribution in [0.1, 0.15) is 43.0 Å². The van der Waals surface area contributed by atoms with Gasteiger partial charge in [0.05, 0.1) is 5.92 Å². The second kappa shape index (κ2) is 5.53. The highest BCUT2D eigenvalue weighted by Gasteiger charge is 2.20. The van der Waals surface area contributed by atoms with Crippen LogP contribution in [0.3, 0.4) is 0 Å². The van der Waals surface area contributed by atoms with E-state index in [0.717, 1.165) is 24.9 Å². The Balaban J connectivity index is 1.60. The Bertz CT molecular complexity index is 519. The quantitative estimate of drug-likeness (QED) is 0.864. The fourth-order valence-corrected chi connectivity index (χ4v) is 2.10. The summed E-state index contributed by atoms with van der Waals surface area (Å²) in [6, 6.07) is 11.0. The van der Waals surface area contributed by atoms with E-state index in [-0.39, 0.29) is 5.92 Å². The van der Waals surface area contributed by atoms with Crippen molar-refractivity contribution in [3.8, 4) is 0 Å². The van der Waals surface area contributed by atoms with Gasteiger partial charge < -0.3 is 9.73 Å². The van der Waals surface area contributed by atoms with Gasteiger partial charge in [-0.2, -0.15) is 0 Å². The number of aromatic nitrogens is 2. The van der Waals surface area contributed by atoms with Gasteiger partial charge in [0, 0.05) is 19.0 Å². The highest BCUT2D eigenvalue weighted by atomic mass is 16.4. The third-order valence-electron chi connectivity index (χ3n) is 3.50. The monoisotopic (exact) mass is 257 g/mol. The van der Waals surface area contributed by atoms with E-state index in [9.17, 15) is 0 Å². The van der Waals surface area contributed by atoms with Gasteiger partial charge in [-0.05, 0) is 25.3 Å². The Labute approximate surface area is 113 Å². The van der Waals surface area contributed by atoms with Gasteiger partial charge in [0.25, 0.3) is 0 Å². The smallest absolute Gasteiger partial charge is 0.223 e. The largest absolute Gasteiger partial charge is 0.425 e. The lowest BCUT2D eigenvalue weighted by atomic mass is 10.0. The minimum atomic E-state index is 0.152. The maximum absolute atomic E-state index is 5.74. The molecule has 1 unspecified atom stereocenters. The summed E-state index contributed by atoms with van der Waals surface area (Å²) in [6.45, 7) is 3.01. The van der Waals surface area contributed by atoms with Gasteiger partial charge in [-0.3, -0.25) is 0 Å². The molecule has 1 aromatic heterocycles. The average Bonchev–Trinajstić information content (AvgIpc) is 3.15. The Morgan fingerprint density at radius 3 is 2.79 bits per heavy atom. The van der Waals surface area contributed by atoms with Crippen molar-refractivity contribution in [2.24, 2.45) is 0 Å². The van der Waals surface area contributed by atoms with Crippen LogP contribution in [0.2, 0.25) is 0 Å². The molecule has 1 N–H and O–H groups in total. The SMILES string of the molecule is CC(c1ccccc1)c1nnc(CCNC2CC2)o1. The van der Waals surface area contributed by atoms with Crippen LogP contribution >= 0.6 is 0 Å². The van der Waals surface area contributed by atoms with Crippen LogP contribution in [0.15, 0.2) is 34.7 Å². The van der Waals surface area contributed by atoms with Crippen molar-refractivity contribution in [2.45, 2.75) is 38.1 Å². The van der Waals surface area contributed by atoms with Crippen molar-refractivity contribution in [1.82, 2.24) is 15.5 Å². The van der Waals surface area contributed by atoms with Crippen LogP contribution in [0, 0.1) is 0 Å². The predicted molar refractivity (Wildman–Crippen MR) is 73.0 cm³/mol. The molecular formula is C15H19N3O. The lowest BCUT2D eigenvalue weighted by Gasteiger charge is -2.06. The van der Waals surface area contributed by atoms with Crippen molar-refractivity contribution in [2.75, 3.05) is 6.54 Å². The molecule has 1 atom stereocenters. The maximum Gasteiger partial charge on any atom is 0.223 e. The van der Waals surface area contributed by atoms with Gasteiger partial charge >= 0.3 is 0 Å². The fraction of sp³-hybridized carbons (Fsp3) is 0.467. The van der Waals surface area contributed by atoms with Gasteiger partial charge in [-0.25, -0.2) is 0 Å². The number of rotatable bonds is 6.